The lowest BCUT2D eigenvalue weighted by Crippen LogP contribution is -2.21. The molecule has 4 nitrogen and oxygen atoms in total. The Bertz CT molecular complexity index is 1160. The van der Waals surface area contributed by atoms with E-state index >= 15 is 0 Å². The highest BCUT2D eigenvalue weighted by atomic mass is 32.2. The van der Waals surface area contributed by atoms with Crippen molar-refractivity contribution in [3.05, 3.63) is 101 Å². The monoisotopic (exact) mass is 372 g/mol. The standard InChI is InChI=1S/C22H16N2O2S/c25-20(17-8-2-1-3-9-17)15-27-21-22(26)24(14-13-23-21)19-12-6-10-16-7-4-5-11-18(16)19/h1-14H,15H2. The van der Waals surface area contributed by atoms with Gasteiger partial charge in [-0.25, -0.2) is 4.98 Å². The third-order valence-electron chi connectivity index (χ3n) is 4.27. The van der Waals surface area contributed by atoms with Crippen molar-refractivity contribution in [2.24, 2.45) is 0 Å². The Morgan fingerprint density at radius 1 is 0.926 bits per heavy atom. The number of carbonyl (C=O) groups excluding carboxylic acids is 1. The number of nitrogens with zero attached hydrogens (tertiary/aromatic N) is 2. The number of rotatable bonds is 5. The molecule has 0 N–H and O–H groups in total. The number of fused-ring (bicyclic) bond motifs is 1. The Morgan fingerprint density at radius 3 is 2.52 bits per heavy atom. The zero-order valence-corrected chi connectivity index (χ0v) is 15.2. The normalized spacial score (nSPS) is 10.8. The summed E-state index contributed by atoms with van der Waals surface area (Å²) in [5.41, 5.74) is 1.21. The van der Waals surface area contributed by atoms with E-state index in [0.717, 1.165) is 16.5 Å². The molecule has 0 aliphatic heterocycles. The van der Waals surface area contributed by atoms with Gasteiger partial charge in [-0.05, 0) is 11.5 Å². The van der Waals surface area contributed by atoms with Gasteiger partial charge < -0.3 is 0 Å². The molecule has 0 amide bonds. The van der Waals surface area contributed by atoms with Gasteiger partial charge in [0, 0.05) is 23.3 Å². The number of ketones is 1. The summed E-state index contributed by atoms with van der Waals surface area (Å²) in [6.07, 6.45) is 3.26. The molecule has 0 saturated carbocycles. The SMILES string of the molecule is O=C(CSc1nccn(-c2cccc3ccccc23)c1=O)c1ccccc1. The number of hydrogen-bond acceptors (Lipinski definition) is 4. The highest BCUT2D eigenvalue weighted by Gasteiger charge is 2.12. The smallest absolute Gasteiger partial charge is 0.287 e. The Kier molecular flexibility index (Phi) is 4.85. The lowest BCUT2D eigenvalue weighted by atomic mass is 10.1. The van der Waals surface area contributed by atoms with Gasteiger partial charge in [0.15, 0.2) is 10.8 Å². The van der Waals surface area contributed by atoms with E-state index in [1.54, 1.807) is 29.1 Å². The number of aromatic nitrogens is 2. The van der Waals surface area contributed by atoms with Crippen molar-refractivity contribution < 1.29 is 4.79 Å². The first kappa shape index (κ1) is 17.2. The zero-order chi connectivity index (χ0) is 18.6. The van der Waals surface area contributed by atoms with Crippen LogP contribution >= 0.6 is 11.8 Å². The average Bonchev–Trinajstić information content (AvgIpc) is 2.73. The maximum atomic E-state index is 12.9. The van der Waals surface area contributed by atoms with Gasteiger partial charge in [-0.2, -0.15) is 0 Å². The fourth-order valence-corrected chi connectivity index (χ4v) is 3.73. The van der Waals surface area contributed by atoms with E-state index in [0.29, 0.717) is 10.6 Å². The molecule has 4 aromatic rings. The van der Waals surface area contributed by atoms with Gasteiger partial charge in [-0.3, -0.25) is 14.2 Å². The second-order valence-electron chi connectivity index (χ2n) is 5.98. The highest BCUT2D eigenvalue weighted by molar-refractivity contribution is 7.99. The van der Waals surface area contributed by atoms with Crippen molar-refractivity contribution in [2.75, 3.05) is 5.75 Å². The summed E-state index contributed by atoms with van der Waals surface area (Å²) in [6, 6.07) is 22.8. The van der Waals surface area contributed by atoms with Crippen molar-refractivity contribution in [2.45, 2.75) is 5.03 Å². The summed E-state index contributed by atoms with van der Waals surface area (Å²) in [6.45, 7) is 0. The van der Waals surface area contributed by atoms with Gasteiger partial charge in [-0.1, -0.05) is 78.5 Å². The molecule has 5 heteroatoms. The number of carbonyl (C=O) groups is 1. The molecular weight excluding hydrogens is 356 g/mol. The molecule has 0 atom stereocenters. The average molecular weight is 372 g/mol. The molecule has 0 fully saturated rings. The maximum Gasteiger partial charge on any atom is 0.287 e. The van der Waals surface area contributed by atoms with Gasteiger partial charge in [0.25, 0.3) is 5.56 Å². The molecule has 1 heterocycles. The van der Waals surface area contributed by atoms with Gasteiger partial charge >= 0.3 is 0 Å². The Balaban J connectivity index is 1.65. The quantitative estimate of drug-likeness (QED) is 0.386. The predicted molar refractivity (Wildman–Crippen MR) is 109 cm³/mol. The first-order chi connectivity index (χ1) is 13.2. The summed E-state index contributed by atoms with van der Waals surface area (Å²) in [5.74, 6) is 0.147. The van der Waals surface area contributed by atoms with Crippen LogP contribution in [0.4, 0.5) is 0 Å². The van der Waals surface area contributed by atoms with Crippen LogP contribution in [-0.4, -0.2) is 21.1 Å². The van der Waals surface area contributed by atoms with E-state index < -0.39 is 0 Å². The van der Waals surface area contributed by atoms with E-state index in [1.165, 1.54) is 11.8 Å². The summed E-state index contributed by atoms with van der Waals surface area (Å²) in [5, 5.41) is 2.37. The molecule has 0 unspecified atom stereocenters. The maximum absolute atomic E-state index is 12.9. The van der Waals surface area contributed by atoms with E-state index in [4.69, 9.17) is 0 Å². The van der Waals surface area contributed by atoms with E-state index in [2.05, 4.69) is 4.98 Å². The minimum atomic E-state index is -0.222. The Morgan fingerprint density at radius 2 is 1.67 bits per heavy atom. The summed E-state index contributed by atoms with van der Waals surface area (Å²) in [7, 11) is 0. The van der Waals surface area contributed by atoms with Crippen LogP contribution in [0.2, 0.25) is 0 Å². The highest BCUT2D eigenvalue weighted by Crippen LogP contribution is 2.22. The first-order valence-corrected chi connectivity index (χ1v) is 9.49. The second-order valence-corrected chi connectivity index (χ2v) is 6.95. The third kappa shape index (κ3) is 3.55. The van der Waals surface area contributed by atoms with Crippen LogP contribution in [0.3, 0.4) is 0 Å². The summed E-state index contributed by atoms with van der Waals surface area (Å²) >= 11 is 1.17. The number of Topliss-reactive ketones (excluding diaryl/α,β-unsaturated/α-hetero) is 1. The fourth-order valence-electron chi connectivity index (χ4n) is 2.94. The molecule has 27 heavy (non-hydrogen) atoms. The molecule has 0 saturated heterocycles. The van der Waals surface area contributed by atoms with Crippen molar-refractivity contribution in [3.63, 3.8) is 0 Å². The molecule has 0 aliphatic rings. The van der Waals surface area contributed by atoms with E-state index in [1.807, 2.05) is 60.7 Å². The molecule has 0 radical (unpaired) electrons. The van der Waals surface area contributed by atoms with Crippen LogP contribution in [0.1, 0.15) is 10.4 Å². The van der Waals surface area contributed by atoms with E-state index in [-0.39, 0.29) is 17.1 Å². The number of hydrogen-bond donors (Lipinski definition) is 0. The summed E-state index contributed by atoms with van der Waals surface area (Å²) < 4.78 is 1.59. The molecule has 0 bridgehead atoms. The van der Waals surface area contributed by atoms with Crippen molar-refractivity contribution in [1.29, 1.82) is 0 Å². The van der Waals surface area contributed by atoms with Crippen molar-refractivity contribution >= 4 is 28.3 Å². The second kappa shape index (κ2) is 7.60. The molecule has 0 spiro atoms. The molecular formula is C22H16N2O2S. The molecule has 4 rings (SSSR count). The molecule has 1 aromatic heterocycles. The minimum Gasteiger partial charge on any atom is -0.293 e. The largest absolute Gasteiger partial charge is 0.293 e. The van der Waals surface area contributed by atoms with Crippen LogP contribution in [0.25, 0.3) is 16.5 Å². The molecule has 132 valence electrons. The number of thioether (sulfide) groups is 1. The fraction of sp³-hybridized carbons (Fsp3) is 0.0455. The molecule has 3 aromatic carbocycles. The van der Waals surface area contributed by atoms with Crippen LogP contribution in [0.15, 0.2) is 95.0 Å². The zero-order valence-electron chi connectivity index (χ0n) is 14.4. The van der Waals surface area contributed by atoms with Crippen LogP contribution in [-0.2, 0) is 0 Å². The molecule has 0 aliphatic carbocycles. The summed E-state index contributed by atoms with van der Waals surface area (Å²) in [4.78, 5) is 29.4. The topological polar surface area (TPSA) is 52.0 Å². The van der Waals surface area contributed by atoms with Gasteiger partial charge in [0.1, 0.15) is 0 Å². The minimum absolute atomic E-state index is 0.0256. The lowest BCUT2D eigenvalue weighted by Gasteiger charge is -2.10. The first-order valence-electron chi connectivity index (χ1n) is 8.51. The number of benzene rings is 3. The Hall–Kier alpha value is -3.18. The van der Waals surface area contributed by atoms with Gasteiger partial charge in [0.05, 0.1) is 11.4 Å². The van der Waals surface area contributed by atoms with Gasteiger partial charge in [-0.15, -0.1) is 0 Å². The van der Waals surface area contributed by atoms with Crippen LogP contribution < -0.4 is 5.56 Å². The third-order valence-corrected chi connectivity index (χ3v) is 5.23. The van der Waals surface area contributed by atoms with Crippen molar-refractivity contribution in [1.82, 2.24) is 9.55 Å². The van der Waals surface area contributed by atoms with E-state index in [9.17, 15) is 9.59 Å². The van der Waals surface area contributed by atoms with Crippen LogP contribution in [0.5, 0.6) is 0 Å². The lowest BCUT2D eigenvalue weighted by molar-refractivity contribution is 0.102. The predicted octanol–water partition coefficient (Wildman–Crippen LogP) is 4.36. The van der Waals surface area contributed by atoms with Crippen LogP contribution in [0, 0.1) is 0 Å². The Labute approximate surface area is 160 Å². The van der Waals surface area contributed by atoms with Crippen molar-refractivity contribution in [3.8, 4) is 5.69 Å². The van der Waals surface area contributed by atoms with Gasteiger partial charge in [0.2, 0.25) is 0 Å².